The van der Waals surface area contributed by atoms with Crippen LogP contribution in [0, 0.1) is 0 Å². The lowest BCUT2D eigenvalue weighted by molar-refractivity contribution is 0.110. The predicted octanol–water partition coefficient (Wildman–Crippen LogP) is 3.47. The van der Waals surface area contributed by atoms with Gasteiger partial charge in [-0.15, -0.1) is 0 Å². The number of ether oxygens (including phenoxy) is 2. The Bertz CT molecular complexity index is 360. The molecule has 0 aliphatic heterocycles. The van der Waals surface area contributed by atoms with Crippen LogP contribution in [0.5, 0.6) is 0 Å². The van der Waals surface area contributed by atoms with Crippen molar-refractivity contribution in [1.29, 1.82) is 0 Å². The number of aliphatic hydroxyl groups is 1. The second-order valence-corrected chi connectivity index (χ2v) is 5.30. The van der Waals surface area contributed by atoms with Gasteiger partial charge in [0.05, 0.1) is 19.8 Å². The van der Waals surface area contributed by atoms with Crippen molar-refractivity contribution in [3.05, 3.63) is 34.9 Å². The van der Waals surface area contributed by atoms with Crippen molar-refractivity contribution in [2.75, 3.05) is 6.61 Å². The fourth-order valence-electron chi connectivity index (χ4n) is 1.56. The Hall–Kier alpha value is -0.260. The van der Waals surface area contributed by atoms with E-state index in [1.54, 1.807) is 0 Å². The lowest BCUT2D eigenvalue weighted by Crippen LogP contribution is -2.03. The fraction of sp³-hybridized carbons (Fsp3) is 0.538. The van der Waals surface area contributed by atoms with Gasteiger partial charge in [0.1, 0.15) is 5.44 Å². The smallest absolute Gasteiger partial charge is 0.115 e. The number of aliphatic hydroxyl groups excluding tert-OH is 1. The predicted molar refractivity (Wildman–Crippen MR) is 75.4 cm³/mol. The van der Waals surface area contributed by atoms with E-state index in [4.69, 9.17) is 20.2 Å². The normalized spacial score (nSPS) is 12.7. The summed E-state index contributed by atoms with van der Waals surface area (Å²) >= 11 is 0. The molecular weight excluding hydrogens is 272 g/mol. The summed E-state index contributed by atoms with van der Waals surface area (Å²) in [5, 5.41) is 9.23. The van der Waals surface area contributed by atoms with Gasteiger partial charge in [-0.1, -0.05) is 18.2 Å². The standard InChI is InChI=1S/C13H19ClO3S/c1-3-16-8-12-4-11(7-15)5-13(6-12)9-17-10(2)18-14/h4-6,10,15H,3,7-9H2,1-2H3. The molecule has 102 valence electrons. The molecule has 0 spiro atoms. The van der Waals surface area contributed by atoms with E-state index in [2.05, 4.69) is 0 Å². The zero-order chi connectivity index (χ0) is 13.4. The molecule has 0 aromatic heterocycles. The number of benzene rings is 1. The summed E-state index contributed by atoms with van der Waals surface area (Å²) in [7, 11) is 6.76. The zero-order valence-corrected chi connectivity index (χ0v) is 12.3. The Labute approximate surface area is 117 Å². The first kappa shape index (κ1) is 15.8. The van der Waals surface area contributed by atoms with E-state index in [0.717, 1.165) is 27.7 Å². The van der Waals surface area contributed by atoms with Gasteiger partial charge in [0.15, 0.2) is 0 Å². The van der Waals surface area contributed by atoms with E-state index < -0.39 is 0 Å². The number of halogens is 1. The molecule has 5 heteroatoms. The summed E-state index contributed by atoms with van der Waals surface area (Å²) < 4.78 is 10.9. The SMILES string of the molecule is CCOCc1cc(CO)cc(COC(C)SCl)c1. The zero-order valence-electron chi connectivity index (χ0n) is 10.7. The third-order valence-corrected chi connectivity index (χ3v) is 3.52. The first-order chi connectivity index (χ1) is 8.69. The molecule has 1 atom stereocenters. The molecule has 18 heavy (non-hydrogen) atoms. The third-order valence-electron chi connectivity index (χ3n) is 2.38. The molecule has 1 rings (SSSR count). The van der Waals surface area contributed by atoms with Gasteiger partial charge >= 0.3 is 0 Å². The molecule has 0 saturated carbocycles. The Morgan fingerprint density at radius 2 is 1.83 bits per heavy atom. The first-order valence-electron chi connectivity index (χ1n) is 5.89. The van der Waals surface area contributed by atoms with Crippen LogP contribution in [0.3, 0.4) is 0 Å². The van der Waals surface area contributed by atoms with Gasteiger partial charge in [-0.2, -0.15) is 0 Å². The topological polar surface area (TPSA) is 38.7 Å². The minimum absolute atomic E-state index is 0.0206. The molecule has 1 N–H and O–H groups in total. The largest absolute Gasteiger partial charge is 0.392 e. The maximum atomic E-state index is 9.23. The van der Waals surface area contributed by atoms with Crippen LogP contribution in [0.25, 0.3) is 0 Å². The maximum absolute atomic E-state index is 9.23. The second kappa shape index (κ2) is 8.77. The highest BCUT2D eigenvalue weighted by Crippen LogP contribution is 2.19. The van der Waals surface area contributed by atoms with Crippen molar-refractivity contribution in [3.8, 4) is 0 Å². The third kappa shape index (κ3) is 5.59. The highest BCUT2D eigenvalue weighted by molar-refractivity contribution is 8.21. The van der Waals surface area contributed by atoms with Crippen molar-refractivity contribution in [2.45, 2.75) is 39.1 Å². The van der Waals surface area contributed by atoms with Gasteiger partial charge in [-0.05, 0) is 52.2 Å². The van der Waals surface area contributed by atoms with Crippen molar-refractivity contribution in [2.24, 2.45) is 0 Å². The Kier molecular flexibility index (Phi) is 7.70. The van der Waals surface area contributed by atoms with Crippen molar-refractivity contribution in [3.63, 3.8) is 0 Å². The van der Waals surface area contributed by atoms with Crippen molar-refractivity contribution >= 4 is 21.7 Å². The van der Waals surface area contributed by atoms with E-state index in [9.17, 15) is 5.11 Å². The summed E-state index contributed by atoms with van der Waals surface area (Å²) in [4.78, 5) is 0. The molecule has 0 amide bonds. The van der Waals surface area contributed by atoms with Crippen molar-refractivity contribution < 1.29 is 14.6 Å². The monoisotopic (exact) mass is 290 g/mol. The van der Waals surface area contributed by atoms with Crippen LogP contribution in [-0.4, -0.2) is 17.1 Å². The van der Waals surface area contributed by atoms with Gasteiger partial charge < -0.3 is 14.6 Å². The van der Waals surface area contributed by atoms with E-state index in [-0.39, 0.29) is 12.0 Å². The molecule has 0 aliphatic rings. The van der Waals surface area contributed by atoms with Gasteiger partial charge in [-0.3, -0.25) is 0 Å². The molecule has 0 bridgehead atoms. The van der Waals surface area contributed by atoms with Crippen molar-refractivity contribution in [1.82, 2.24) is 0 Å². The van der Waals surface area contributed by atoms with Gasteiger partial charge in [0, 0.05) is 6.61 Å². The summed E-state index contributed by atoms with van der Waals surface area (Å²) in [5.74, 6) is 0. The van der Waals surface area contributed by atoms with Gasteiger partial charge in [0.2, 0.25) is 0 Å². The fourth-order valence-corrected chi connectivity index (χ4v) is 1.83. The van der Waals surface area contributed by atoms with Gasteiger partial charge in [0.25, 0.3) is 0 Å². The molecule has 0 radical (unpaired) electrons. The summed E-state index contributed by atoms with van der Waals surface area (Å²) in [6.07, 6.45) is 0. The molecule has 1 aromatic carbocycles. The maximum Gasteiger partial charge on any atom is 0.115 e. The van der Waals surface area contributed by atoms with E-state index >= 15 is 0 Å². The minimum atomic E-state index is -0.0557. The van der Waals surface area contributed by atoms with E-state index in [1.165, 1.54) is 0 Å². The summed E-state index contributed by atoms with van der Waals surface area (Å²) in [6.45, 7) is 5.58. The van der Waals surface area contributed by atoms with E-state index in [0.29, 0.717) is 19.8 Å². The van der Waals surface area contributed by atoms with Crippen LogP contribution in [0.2, 0.25) is 0 Å². The Morgan fingerprint density at radius 1 is 1.22 bits per heavy atom. The second-order valence-electron chi connectivity index (χ2n) is 3.92. The Balaban J connectivity index is 2.70. The molecule has 0 fully saturated rings. The molecule has 3 nitrogen and oxygen atoms in total. The van der Waals surface area contributed by atoms with E-state index in [1.807, 2.05) is 32.0 Å². The number of rotatable bonds is 8. The van der Waals surface area contributed by atoms with Crippen LogP contribution in [0.15, 0.2) is 18.2 Å². The van der Waals surface area contributed by atoms with Crippen LogP contribution in [0.1, 0.15) is 30.5 Å². The van der Waals surface area contributed by atoms with Crippen LogP contribution in [0.4, 0.5) is 0 Å². The molecule has 1 aromatic rings. The summed E-state index contributed by atoms with van der Waals surface area (Å²) in [5.41, 5.74) is 2.89. The number of hydrogen-bond donors (Lipinski definition) is 1. The molecule has 0 heterocycles. The molecule has 0 saturated heterocycles. The lowest BCUT2D eigenvalue weighted by atomic mass is 10.1. The highest BCUT2D eigenvalue weighted by Gasteiger charge is 2.05. The average molecular weight is 291 g/mol. The minimum Gasteiger partial charge on any atom is -0.392 e. The number of hydrogen-bond acceptors (Lipinski definition) is 4. The lowest BCUT2D eigenvalue weighted by Gasteiger charge is -2.11. The molecule has 1 unspecified atom stereocenters. The first-order valence-corrected chi connectivity index (χ1v) is 7.59. The average Bonchev–Trinajstić information content (AvgIpc) is 2.42. The van der Waals surface area contributed by atoms with Gasteiger partial charge in [-0.25, -0.2) is 0 Å². The molecule has 0 aliphatic carbocycles. The molecular formula is C13H19ClO3S. The summed E-state index contributed by atoms with van der Waals surface area (Å²) in [6, 6.07) is 5.90. The quantitative estimate of drug-likeness (QED) is 0.744. The Morgan fingerprint density at radius 3 is 2.39 bits per heavy atom. The highest BCUT2D eigenvalue weighted by atomic mass is 35.7. The van der Waals surface area contributed by atoms with Crippen LogP contribution in [-0.2, 0) is 29.3 Å². The van der Waals surface area contributed by atoms with Crippen LogP contribution >= 0.6 is 21.7 Å². The van der Waals surface area contributed by atoms with Crippen LogP contribution < -0.4 is 0 Å².